The van der Waals surface area contributed by atoms with Crippen molar-refractivity contribution >= 4 is 31.7 Å². The van der Waals surface area contributed by atoms with Gasteiger partial charge in [0.2, 0.25) is 0 Å². The minimum Gasteiger partial charge on any atom is -0.465 e. The van der Waals surface area contributed by atoms with Gasteiger partial charge >= 0.3 is 31.7 Å². The van der Waals surface area contributed by atoms with Gasteiger partial charge < -0.3 is 33.4 Å². The quantitative estimate of drug-likeness (QED) is 0.0198. The number of nitrogens with zero attached hydrogens (tertiary/aromatic N) is 1. The molecule has 0 heterocycles. The van der Waals surface area contributed by atoms with E-state index in [0.29, 0.717) is 43.1 Å². The molecule has 0 aliphatic heterocycles. The lowest BCUT2D eigenvalue weighted by Gasteiger charge is -2.43. The highest BCUT2D eigenvalue weighted by atomic mass is 31.2. The number of phosphoric ester groups is 1. The summed E-state index contributed by atoms with van der Waals surface area (Å²) in [6.45, 7) is 16.0. The number of likely N-dealkylation sites (N-methyl/N-ethyl adjacent to an activating group) is 1. The standard InChI is InChI=1S/C46H88NO13P/c1-13-17-19-20-21-22-23-24-25-26-30-56-41(51)46(9,36-44(7,27-15-3)40(50)57-32-33-60-61(53,54)59-31-28-47(10,11)12)37-45(8,42(52)58-34-38(5)48)35-43(6,16-4)39(49)55-29-18-14-2/h38,48H,13-37H2,1-12H3/p+1. The number of ether oxygens (including phenoxy) is 4. The molecule has 0 fully saturated rings. The van der Waals surface area contributed by atoms with Crippen molar-refractivity contribution in [2.75, 3.05) is 67.3 Å². The Morgan fingerprint density at radius 2 is 0.951 bits per heavy atom. The number of quaternary nitrogens is 1. The fraction of sp³-hybridized carbons (Fsp3) is 0.913. The molecule has 0 aromatic heterocycles. The highest BCUT2D eigenvalue weighted by molar-refractivity contribution is 7.47. The molecule has 6 unspecified atom stereocenters. The van der Waals surface area contributed by atoms with Crippen LogP contribution in [-0.4, -0.2) is 112 Å². The Balaban J connectivity index is 6.57. The molecule has 0 rings (SSSR count). The summed E-state index contributed by atoms with van der Waals surface area (Å²) in [5.41, 5.74) is -5.37. The number of carbonyl (C=O) groups is 4. The first kappa shape index (κ1) is 58.9. The van der Waals surface area contributed by atoms with Crippen LogP contribution < -0.4 is 0 Å². The number of phosphoric acid groups is 1. The number of aliphatic hydroxyl groups is 1. The smallest absolute Gasteiger partial charge is 0.465 e. The van der Waals surface area contributed by atoms with Crippen LogP contribution in [0.5, 0.6) is 0 Å². The van der Waals surface area contributed by atoms with Crippen molar-refractivity contribution in [3.63, 3.8) is 0 Å². The van der Waals surface area contributed by atoms with E-state index in [1.807, 2.05) is 41.9 Å². The predicted molar refractivity (Wildman–Crippen MR) is 238 cm³/mol. The molecule has 0 amide bonds. The van der Waals surface area contributed by atoms with Crippen LogP contribution in [0.3, 0.4) is 0 Å². The summed E-state index contributed by atoms with van der Waals surface area (Å²) in [7, 11) is 1.35. The highest BCUT2D eigenvalue weighted by Crippen LogP contribution is 2.51. The number of unbranched alkanes of at least 4 members (excludes halogenated alkanes) is 10. The number of rotatable bonds is 37. The van der Waals surface area contributed by atoms with Gasteiger partial charge in [-0.05, 0) is 79.6 Å². The van der Waals surface area contributed by atoms with Crippen LogP contribution in [0.15, 0.2) is 0 Å². The van der Waals surface area contributed by atoms with E-state index in [9.17, 15) is 33.7 Å². The third-order valence-electron chi connectivity index (χ3n) is 11.4. The number of hydrogen-bond donors (Lipinski definition) is 2. The van der Waals surface area contributed by atoms with E-state index in [2.05, 4.69) is 6.92 Å². The van der Waals surface area contributed by atoms with Crippen molar-refractivity contribution < 1.29 is 66.2 Å². The molecule has 0 saturated heterocycles. The normalized spacial score (nSPS) is 17.4. The third kappa shape index (κ3) is 24.5. The fourth-order valence-corrected chi connectivity index (χ4v) is 8.56. The Morgan fingerprint density at radius 3 is 1.44 bits per heavy atom. The molecule has 0 saturated carbocycles. The summed E-state index contributed by atoms with van der Waals surface area (Å²) in [4.78, 5) is 66.5. The first-order chi connectivity index (χ1) is 28.4. The van der Waals surface area contributed by atoms with Crippen LogP contribution in [0.25, 0.3) is 0 Å². The van der Waals surface area contributed by atoms with Crippen LogP contribution in [0, 0.1) is 21.7 Å². The van der Waals surface area contributed by atoms with Gasteiger partial charge in [-0.2, -0.15) is 0 Å². The minimum absolute atomic E-state index is 0.0115. The topological polar surface area (TPSA) is 181 Å². The highest BCUT2D eigenvalue weighted by Gasteiger charge is 2.54. The zero-order chi connectivity index (χ0) is 46.8. The average molecular weight is 895 g/mol. The maximum absolute atomic E-state index is 14.5. The molecule has 360 valence electrons. The number of hydrogen-bond acceptors (Lipinski definition) is 12. The molecule has 0 radical (unpaired) electrons. The molecule has 0 aromatic carbocycles. The lowest BCUT2D eigenvalue weighted by atomic mass is 9.60. The monoisotopic (exact) mass is 895 g/mol. The van der Waals surface area contributed by atoms with Gasteiger partial charge in [-0.3, -0.25) is 28.2 Å². The van der Waals surface area contributed by atoms with Crippen molar-refractivity contribution in [3.8, 4) is 0 Å². The Morgan fingerprint density at radius 1 is 0.541 bits per heavy atom. The minimum atomic E-state index is -4.40. The molecule has 0 aromatic rings. The molecule has 0 spiro atoms. The summed E-state index contributed by atoms with van der Waals surface area (Å²) >= 11 is 0. The number of esters is 4. The van der Waals surface area contributed by atoms with E-state index in [1.165, 1.54) is 45.4 Å². The molecule has 0 bridgehead atoms. The SMILES string of the molecule is CCCCCCCCCCCCOC(=O)C(C)(CC(C)(CCC)C(=O)OCCOP(=O)(O)OCC[N+](C)(C)C)CC(C)(CC(C)(CC)C(=O)OCCCC)C(=O)OCC(C)O. The Hall–Kier alpha value is -2.09. The zero-order valence-corrected chi connectivity index (χ0v) is 41.4. The summed E-state index contributed by atoms with van der Waals surface area (Å²) < 4.78 is 46.1. The molecule has 6 atom stereocenters. The summed E-state index contributed by atoms with van der Waals surface area (Å²) in [6, 6.07) is 0. The van der Waals surface area contributed by atoms with Crippen molar-refractivity contribution in [3.05, 3.63) is 0 Å². The van der Waals surface area contributed by atoms with Gasteiger partial charge in [-0.15, -0.1) is 0 Å². The molecular weight excluding hydrogens is 805 g/mol. The maximum Gasteiger partial charge on any atom is 0.472 e. The largest absolute Gasteiger partial charge is 0.472 e. The first-order valence-corrected chi connectivity index (χ1v) is 24.7. The number of aliphatic hydroxyl groups excluding tert-OH is 1. The zero-order valence-electron chi connectivity index (χ0n) is 40.5. The third-order valence-corrected chi connectivity index (χ3v) is 12.4. The van der Waals surface area contributed by atoms with Gasteiger partial charge in [0.25, 0.3) is 0 Å². The van der Waals surface area contributed by atoms with Gasteiger partial charge in [0.15, 0.2) is 0 Å². The van der Waals surface area contributed by atoms with Crippen LogP contribution >= 0.6 is 7.82 Å². The lowest BCUT2D eigenvalue weighted by molar-refractivity contribution is -0.870. The molecule has 15 heteroatoms. The maximum atomic E-state index is 14.5. The van der Waals surface area contributed by atoms with Gasteiger partial charge in [0, 0.05) is 0 Å². The Labute approximate surface area is 370 Å². The molecule has 0 aliphatic rings. The van der Waals surface area contributed by atoms with Gasteiger partial charge in [-0.25, -0.2) is 4.57 Å². The van der Waals surface area contributed by atoms with Crippen LogP contribution in [0.2, 0.25) is 0 Å². The first-order valence-electron chi connectivity index (χ1n) is 23.2. The van der Waals surface area contributed by atoms with E-state index in [1.54, 1.807) is 27.7 Å². The van der Waals surface area contributed by atoms with E-state index in [0.717, 1.165) is 25.7 Å². The summed E-state index contributed by atoms with van der Waals surface area (Å²) in [5.74, 6) is -2.40. The molecule has 2 N–H and O–H groups in total. The second-order valence-corrected chi connectivity index (χ2v) is 20.9. The second-order valence-electron chi connectivity index (χ2n) is 19.4. The van der Waals surface area contributed by atoms with Crippen LogP contribution in [-0.2, 0) is 51.7 Å². The summed E-state index contributed by atoms with van der Waals surface area (Å²) in [6.07, 6.45) is 12.6. The van der Waals surface area contributed by atoms with Gasteiger partial charge in [0.05, 0.1) is 68.7 Å². The lowest BCUT2D eigenvalue weighted by Crippen LogP contribution is -2.48. The van der Waals surface area contributed by atoms with Crippen molar-refractivity contribution in [1.29, 1.82) is 0 Å². The average Bonchev–Trinajstić information content (AvgIpc) is 3.16. The van der Waals surface area contributed by atoms with E-state index < -0.39 is 66.1 Å². The van der Waals surface area contributed by atoms with Crippen LogP contribution in [0.4, 0.5) is 0 Å². The fourth-order valence-electron chi connectivity index (χ4n) is 7.86. The van der Waals surface area contributed by atoms with Crippen molar-refractivity contribution in [2.45, 2.75) is 184 Å². The number of carbonyl (C=O) groups excluding carboxylic acids is 4. The summed E-state index contributed by atoms with van der Waals surface area (Å²) in [5, 5.41) is 10.1. The molecule has 61 heavy (non-hydrogen) atoms. The molecule has 14 nitrogen and oxygen atoms in total. The molecule has 0 aliphatic carbocycles. The second kappa shape index (κ2) is 29.4. The Bertz CT molecular complexity index is 1320. The van der Waals surface area contributed by atoms with Crippen LogP contribution in [0.1, 0.15) is 178 Å². The van der Waals surface area contributed by atoms with Gasteiger partial charge in [-0.1, -0.05) is 98.3 Å². The Kier molecular flexibility index (Phi) is 28.4. The molecular formula is C46H89NO13P+. The van der Waals surface area contributed by atoms with E-state index in [-0.39, 0.29) is 52.3 Å². The van der Waals surface area contributed by atoms with Crippen molar-refractivity contribution in [2.24, 2.45) is 21.7 Å². The predicted octanol–water partition coefficient (Wildman–Crippen LogP) is 9.51. The van der Waals surface area contributed by atoms with E-state index >= 15 is 0 Å². The van der Waals surface area contributed by atoms with E-state index in [4.69, 9.17) is 28.0 Å². The van der Waals surface area contributed by atoms with Gasteiger partial charge in [0.1, 0.15) is 26.4 Å². The van der Waals surface area contributed by atoms with Crippen molar-refractivity contribution in [1.82, 2.24) is 0 Å².